The third-order valence-electron chi connectivity index (χ3n) is 4.27. The van der Waals surface area contributed by atoms with Crippen LogP contribution in [0.4, 0.5) is 0 Å². The molecular formula is C15H20N2O3. The van der Waals surface area contributed by atoms with Crippen molar-refractivity contribution in [1.82, 2.24) is 9.47 Å². The number of aromatic nitrogens is 1. The van der Waals surface area contributed by atoms with E-state index in [0.717, 1.165) is 38.3 Å². The highest BCUT2D eigenvalue weighted by atomic mass is 16.5. The van der Waals surface area contributed by atoms with Gasteiger partial charge in [0.25, 0.3) is 5.56 Å². The Balaban J connectivity index is 1.70. The summed E-state index contributed by atoms with van der Waals surface area (Å²) in [7, 11) is 0. The zero-order valence-electron chi connectivity index (χ0n) is 11.7. The van der Waals surface area contributed by atoms with Gasteiger partial charge in [0.2, 0.25) is 0 Å². The van der Waals surface area contributed by atoms with Gasteiger partial charge in [0.05, 0.1) is 0 Å². The molecule has 1 fully saturated rings. The van der Waals surface area contributed by atoms with Gasteiger partial charge in [-0.25, -0.2) is 0 Å². The Bertz CT molecular complexity index is 566. The van der Waals surface area contributed by atoms with Crippen molar-refractivity contribution in [2.45, 2.75) is 25.8 Å². The number of nitrogens with zero attached hydrogens (tertiary/aromatic N) is 2. The number of likely N-dealkylation sites (tertiary alicyclic amines) is 1. The summed E-state index contributed by atoms with van der Waals surface area (Å²) in [5.41, 5.74) is 1.27. The largest absolute Gasteiger partial charge is 0.465 e. The highest BCUT2D eigenvalue weighted by molar-refractivity contribution is 5.65. The van der Waals surface area contributed by atoms with Crippen LogP contribution in [0.1, 0.15) is 25.0 Å². The van der Waals surface area contributed by atoms with Crippen LogP contribution in [0, 0.1) is 5.92 Å². The van der Waals surface area contributed by atoms with E-state index in [9.17, 15) is 9.59 Å². The number of ether oxygens (including phenoxy) is 1. The minimum Gasteiger partial charge on any atom is -0.465 e. The molecule has 1 aromatic rings. The lowest BCUT2D eigenvalue weighted by Gasteiger charge is -2.42. The average Bonchev–Trinajstić information content (AvgIpc) is 2.40. The van der Waals surface area contributed by atoms with Crippen molar-refractivity contribution in [2.75, 3.05) is 26.2 Å². The fourth-order valence-corrected chi connectivity index (χ4v) is 3.50. The van der Waals surface area contributed by atoms with E-state index in [-0.39, 0.29) is 11.5 Å². The molecule has 2 unspecified atom stereocenters. The van der Waals surface area contributed by atoms with Gasteiger partial charge in [0.1, 0.15) is 6.61 Å². The van der Waals surface area contributed by atoms with E-state index in [0.29, 0.717) is 18.4 Å². The highest BCUT2D eigenvalue weighted by Crippen LogP contribution is 2.34. The van der Waals surface area contributed by atoms with Crippen LogP contribution in [-0.2, 0) is 16.1 Å². The quantitative estimate of drug-likeness (QED) is 0.767. The fourth-order valence-electron chi connectivity index (χ4n) is 3.50. The van der Waals surface area contributed by atoms with Crippen molar-refractivity contribution >= 4 is 5.97 Å². The van der Waals surface area contributed by atoms with Crippen LogP contribution in [-0.4, -0.2) is 41.7 Å². The highest BCUT2D eigenvalue weighted by Gasteiger charge is 2.34. The first-order chi connectivity index (χ1) is 9.63. The first-order valence-corrected chi connectivity index (χ1v) is 7.19. The molecule has 0 saturated carbocycles. The molecule has 1 aromatic heterocycles. The van der Waals surface area contributed by atoms with Crippen molar-refractivity contribution in [2.24, 2.45) is 5.92 Å². The summed E-state index contributed by atoms with van der Waals surface area (Å²) in [6.07, 6.45) is 1.16. The predicted octanol–water partition coefficient (Wildman–Crippen LogP) is 0.831. The topological polar surface area (TPSA) is 51.5 Å². The summed E-state index contributed by atoms with van der Waals surface area (Å²) in [6.45, 7) is 5.42. The summed E-state index contributed by atoms with van der Waals surface area (Å²) in [4.78, 5) is 25.1. The Labute approximate surface area is 118 Å². The number of piperidine rings is 1. The molecule has 2 bridgehead atoms. The minimum atomic E-state index is -0.223. The van der Waals surface area contributed by atoms with E-state index in [4.69, 9.17) is 4.74 Å². The number of hydrogen-bond acceptors (Lipinski definition) is 4. The van der Waals surface area contributed by atoms with E-state index in [2.05, 4.69) is 11.0 Å². The van der Waals surface area contributed by atoms with Crippen molar-refractivity contribution in [3.05, 3.63) is 34.2 Å². The summed E-state index contributed by atoms with van der Waals surface area (Å²) < 4.78 is 6.95. The molecule has 1 saturated heterocycles. The molecule has 2 atom stereocenters. The Kier molecular flexibility index (Phi) is 3.61. The number of pyridine rings is 1. The van der Waals surface area contributed by atoms with Gasteiger partial charge in [-0.15, -0.1) is 0 Å². The molecule has 2 aliphatic heterocycles. The van der Waals surface area contributed by atoms with E-state index in [1.807, 2.05) is 10.6 Å². The van der Waals surface area contributed by atoms with Gasteiger partial charge in [-0.05, 0) is 18.4 Å². The van der Waals surface area contributed by atoms with Crippen LogP contribution in [0.5, 0.6) is 0 Å². The average molecular weight is 276 g/mol. The second kappa shape index (κ2) is 5.40. The van der Waals surface area contributed by atoms with Gasteiger partial charge >= 0.3 is 5.97 Å². The summed E-state index contributed by atoms with van der Waals surface area (Å²) >= 11 is 0. The van der Waals surface area contributed by atoms with Gasteiger partial charge in [-0.3, -0.25) is 14.5 Å². The Hall–Kier alpha value is -1.62. The van der Waals surface area contributed by atoms with Crippen LogP contribution < -0.4 is 5.56 Å². The zero-order chi connectivity index (χ0) is 14.1. The molecular weight excluding hydrogens is 256 g/mol. The molecule has 5 nitrogen and oxygen atoms in total. The second-order valence-corrected chi connectivity index (χ2v) is 5.80. The lowest BCUT2D eigenvalue weighted by Crippen LogP contribution is -2.47. The number of fused-ring (bicyclic) bond motifs is 4. The monoisotopic (exact) mass is 276 g/mol. The normalized spacial score (nSPS) is 25.1. The standard InChI is InChI=1S/C15H20N2O3/c1-11(18)20-6-5-16-8-12-7-13(10-16)14-3-2-4-15(19)17(14)9-12/h2-4,12-13H,5-10H2,1H3. The molecule has 0 radical (unpaired) electrons. The third-order valence-corrected chi connectivity index (χ3v) is 4.27. The maximum absolute atomic E-state index is 11.9. The molecule has 0 N–H and O–H groups in total. The molecule has 5 heteroatoms. The summed E-state index contributed by atoms with van der Waals surface area (Å²) in [6, 6.07) is 5.56. The number of hydrogen-bond donors (Lipinski definition) is 0. The van der Waals surface area contributed by atoms with Crippen LogP contribution in [0.25, 0.3) is 0 Å². The maximum atomic E-state index is 11.9. The molecule has 3 heterocycles. The number of carbonyl (C=O) groups is 1. The first kappa shape index (κ1) is 13.4. The first-order valence-electron chi connectivity index (χ1n) is 7.19. The van der Waals surface area contributed by atoms with Crippen molar-refractivity contribution < 1.29 is 9.53 Å². The van der Waals surface area contributed by atoms with Crippen LogP contribution in [0.3, 0.4) is 0 Å². The van der Waals surface area contributed by atoms with Crippen molar-refractivity contribution in [3.63, 3.8) is 0 Å². The number of carbonyl (C=O) groups excluding carboxylic acids is 1. The second-order valence-electron chi connectivity index (χ2n) is 5.80. The number of rotatable bonds is 3. The van der Waals surface area contributed by atoms with Gasteiger partial charge in [0, 0.05) is 50.8 Å². The Morgan fingerprint density at radius 1 is 1.35 bits per heavy atom. The third kappa shape index (κ3) is 2.63. The molecule has 108 valence electrons. The minimum absolute atomic E-state index is 0.116. The SMILES string of the molecule is CC(=O)OCCN1CC2CC(C1)c1cccc(=O)n1C2. The van der Waals surface area contributed by atoms with Crippen LogP contribution >= 0.6 is 0 Å². The molecule has 20 heavy (non-hydrogen) atoms. The van der Waals surface area contributed by atoms with Crippen molar-refractivity contribution in [1.29, 1.82) is 0 Å². The Morgan fingerprint density at radius 2 is 2.20 bits per heavy atom. The van der Waals surface area contributed by atoms with E-state index in [1.54, 1.807) is 6.07 Å². The molecule has 3 rings (SSSR count). The van der Waals surface area contributed by atoms with E-state index < -0.39 is 0 Å². The van der Waals surface area contributed by atoms with E-state index in [1.165, 1.54) is 6.92 Å². The fraction of sp³-hybridized carbons (Fsp3) is 0.600. The van der Waals surface area contributed by atoms with Crippen molar-refractivity contribution in [3.8, 4) is 0 Å². The van der Waals surface area contributed by atoms with Crippen LogP contribution in [0.2, 0.25) is 0 Å². The molecule has 2 aliphatic rings. The maximum Gasteiger partial charge on any atom is 0.302 e. The summed E-state index contributed by atoms with van der Waals surface area (Å²) in [5, 5.41) is 0. The molecule has 0 amide bonds. The van der Waals surface area contributed by atoms with Gasteiger partial charge in [-0.2, -0.15) is 0 Å². The van der Waals surface area contributed by atoms with Gasteiger partial charge in [-0.1, -0.05) is 6.07 Å². The lowest BCUT2D eigenvalue weighted by molar-refractivity contribution is -0.141. The van der Waals surface area contributed by atoms with Gasteiger partial charge in [0.15, 0.2) is 0 Å². The predicted molar refractivity (Wildman–Crippen MR) is 74.6 cm³/mol. The smallest absolute Gasteiger partial charge is 0.302 e. The lowest BCUT2D eigenvalue weighted by atomic mass is 9.83. The molecule has 0 aliphatic carbocycles. The Morgan fingerprint density at radius 3 is 3.00 bits per heavy atom. The van der Waals surface area contributed by atoms with E-state index >= 15 is 0 Å². The molecule has 0 aromatic carbocycles. The zero-order valence-corrected chi connectivity index (χ0v) is 11.7. The molecule has 0 spiro atoms. The summed E-state index contributed by atoms with van der Waals surface area (Å²) in [5.74, 6) is 0.728. The van der Waals surface area contributed by atoms with Crippen LogP contribution in [0.15, 0.2) is 23.0 Å². The van der Waals surface area contributed by atoms with Gasteiger partial charge < -0.3 is 9.30 Å². The number of esters is 1.